The van der Waals surface area contributed by atoms with Crippen LogP contribution in [0.15, 0.2) is 24.5 Å². The standard InChI is InChI=1S/C23H25FN6O3/c1-12-16(9-28-22-21(12)26-4-6-32-22)15-7-13-8-18(27-10-17(13)20(25)19(15)24)29-23(31)33-14-3-5-30(2)11-14/h7-10,14,26H,3-6,11,25H2,1-2H3,(H,27,29,31). The Hall–Kier alpha value is -3.66. The van der Waals surface area contributed by atoms with Crippen LogP contribution in [-0.2, 0) is 4.74 Å². The number of carbonyl (C=O) groups excluding carboxylic acids is 1. The minimum atomic E-state index is -0.571. The Morgan fingerprint density at radius 1 is 1.33 bits per heavy atom. The molecule has 0 radical (unpaired) electrons. The molecule has 2 aliphatic heterocycles. The molecule has 1 atom stereocenters. The smallest absolute Gasteiger partial charge is 0.413 e. The monoisotopic (exact) mass is 452 g/mol. The predicted octanol–water partition coefficient (Wildman–Crippen LogP) is 3.38. The summed E-state index contributed by atoms with van der Waals surface area (Å²) in [6.45, 7) is 4.64. The Bertz CT molecular complexity index is 1250. The van der Waals surface area contributed by atoms with E-state index in [2.05, 4.69) is 25.5 Å². The Kier molecular flexibility index (Phi) is 5.37. The van der Waals surface area contributed by atoms with Crippen LogP contribution in [-0.4, -0.2) is 60.4 Å². The van der Waals surface area contributed by atoms with Crippen LogP contribution in [0.4, 0.5) is 26.4 Å². The van der Waals surface area contributed by atoms with Crippen LogP contribution in [0.2, 0.25) is 0 Å². The number of halogens is 1. The fourth-order valence-electron chi connectivity index (χ4n) is 4.33. The van der Waals surface area contributed by atoms with Gasteiger partial charge in [-0.15, -0.1) is 0 Å². The van der Waals surface area contributed by atoms with Gasteiger partial charge in [0.25, 0.3) is 0 Å². The van der Waals surface area contributed by atoms with Crippen molar-refractivity contribution in [3.63, 3.8) is 0 Å². The molecule has 5 rings (SSSR count). The van der Waals surface area contributed by atoms with Crippen molar-refractivity contribution in [1.82, 2.24) is 14.9 Å². The van der Waals surface area contributed by atoms with Gasteiger partial charge in [-0.05, 0) is 43.5 Å². The van der Waals surface area contributed by atoms with Gasteiger partial charge in [0.1, 0.15) is 24.2 Å². The van der Waals surface area contributed by atoms with Crippen molar-refractivity contribution in [2.75, 3.05) is 49.7 Å². The first-order chi connectivity index (χ1) is 15.9. The van der Waals surface area contributed by atoms with Crippen molar-refractivity contribution >= 4 is 34.1 Å². The average molecular weight is 452 g/mol. The number of hydrogen-bond acceptors (Lipinski definition) is 8. The lowest BCUT2D eigenvalue weighted by molar-refractivity contribution is 0.115. The lowest BCUT2D eigenvalue weighted by Gasteiger charge is -2.22. The number of likely N-dealkylation sites (tertiary alicyclic amines) is 1. The lowest BCUT2D eigenvalue weighted by Crippen LogP contribution is -2.25. The molecule has 1 aromatic carbocycles. The highest BCUT2D eigenvalue weighted by molar-refractivity contribution is 5.99. The molecule has 1 unspecified atom stereocenters. The van der Waals surface area contributed by atoms with E-state index in [-0.39, 0.29) is 11.8 Å². The van der Waals surface area contributed by atoms with Crippen LogP contribution in [0.5, 0.6) is 5.88 Å². The minimum Gasteiger partial charge on any atom is -0.474 e. The summed E-state index contributed by atoms with van der Waals surface area (Å²) >= 11 is 0. The van der Waals surface area contributed by atoms with Crippen molar-refractivity contribution in [2.24, 2.45) is 0 Å². The largest absolute Gasteiger partial charge is 0.474 e. The summed E-state index contributed by atoms with van der Waals surface area (Å²) in [5.41, 5.74) is 8.59. The van der Waals surface area contributed by atoms with Gasteiger partial charge in [-0.1, -0.05) is 0 Å². The Morgan fingerprint density at radius 2 is 2.18 bits per heavy atom. The number of rotatable bonds is 3. The number of benzene rings is 1. The topological polar surface area (TPSA) is 115 Å². The summed E-state index contributed by atoms with van der Waals surface area (Å²) in [5.74, 6) is 0.252. The second-order valence-corrected chi connectivity index (χ2v) is 8.40. The van der Waals surface area contributed by atoms with Gasteiger partial charge >= 0.3 is 6.09 Å². The van der Waals surface area contributed by atoms with E-state index in [0.717, 1.165) is 24.2 Å². The molecular formula is C23H25FN6O3. The molecular weight excluding hydrogens is 427 g/mol. The second kappa shape index (κ2) is 8.36. The van der Waals surface area contributed by atoms with E-state index in [1.807, 2.05) is 14.0 Å². The molecule has 1 saturated heterocycles. The van der Waals surface area contributed by atoms with E-state index in [1.54, 1.807) is 18.3 Å². The molecule has 0 aliphatic carbocycles. The number of nitrogens with zero attached hydrogens (tertiary/aromatic N) is 3. The van der Waals surface area contributed by atoms with Crippen LogP contribution < -0.4 is 21.1 Å². The van der Waals surface area contributed by atoms with Crippen molar-refractivity contribution in [3.05, 3.63) is 35.9 Å². The number of nitrogen functional groups attached to an aromatic ring is 1. The number of aromatic nitrogens is 2. The number of nitrogens with two attached hydrogens (primary N) is 1. The van der Waals surface area contributed by atoms with Crippen LogP contribution in [0.25, 0.3) is 21.9 Å². The van der Waals surface area contributed by atoms with E-state index in [4.69, 9.17) is 15.2 Å². The third kappa shape index (κ3) is 3.97. The summed E-state index contributed by atoms with van der Waals surface area (Å²) in [6, 6.07) is 3.34. The molecule has 9 nitrogen and oxygen atoms in total. The molecule has 4 N–H and O–H groups in total. The van der Waals surface area contributed by atoms with Gasteiger partial charge in [0.05, 0.1) is 5.69 Å². The van der Waals surface area contributed by atoms with Crippen molar-refractivity contribution in [2.45, 2.75) is 19.4 Å². The molecule has 1 fully saturated rings. The molecule has 0 spiro atoms. The van der Waals surface area contributed by atoms with Crippen molar-refractivity contribution < 1.29 is 18.7 Å². The summed E-state index contributed by atoms with van der Waals surface area (Å²) in [4.78, 5) is 22.9. The number of hydrogen-bond donors (Lipinski definition) is 3. The Balaban J connectivity index is 1.47. The van der Waals surface area contributed by atoms with Crippen molar-refractivity contribution in [1.29, 1.82) is 0 Å². The van der Waals surface area contributed by atoms with E-state index in [1.165, 1.54) is 6.20 Å². The number of likely N-dealkylation sites (N-methyl/N-ethyl adjacent to an activating group) is 1. The quantitative estimate of drug-likeness (QED) is 0.518. The molecule has 2 aromatic heterocycles. The number of anilines is 3. The van der Waals surface area contributed by atoms with Crippen LogP contribution >= 0.6 is 0 Å². The highest BCUT2D eigenvalue weighted by Crippen LogP contribution is 2.39. The maximum atomic E-state index is 15.3. The number of nitrogens with one attached hydrogen (secondary N) is 2. The third-order valence-electron chi connectivity index (χ3n) is 6.09. The van der Waals surface area contributed by atoms with Gasteiger partial charge < -0.3 is 25.4 Å². The zero-order chi connectivity index (χ0) is 23.1. The number of fused-ring (bicyclic) bond motifs is 2. The number of ether oxygens (including phenoxy) is 2. The first-order valence-electron chi connectivity index (χ1n) is 10.8. The lowest BCUT2D eigenvalue weighted by atomic mass is 9.97. The Morgan fingerprint density at radius 3 is 2.97 bits per heavy atom. The molecule has 3 aromatic rings. The minimum absolute atomic E-state index is 0.0144. The van der Waals surface area contributed by atoms with Crippen LogP contribution in [0, 0.1) is 12.7 Å². The molecule has 1 amide bonds. The van der Waals surface area contributed by atoms with E-state index in [9.17, 15) is 4.79 Å². The van der Waals surface area contributed by atoms with Crippen LogP contribution in [0.3, 0.4) is 0 Å². The zero-order valence-corrected chi connectivity index (χ0v) is 18.4. The second-order valence-electron chi connectivity index (χ2n) is 8.40. The van der Waals surface area contributed by atoms with Gasteiger partial charge in [-0.2, -0.15) is 0 Å². The van der Waals surface area contributed by atoms with Gasteiger partial charge in [-0.25, -0.2) is 19.2 Å². The van der Waals surface area contributed by atoms with E-state index in [0.29, 0.717) is 53.3 Å². The first kappa shape index (κ1) is 21.2. The van der Waals surface area contributed by atoms with Crippen LogP contribution in [0.1, 0.15) is 12.0 Å². The number of carbonyl (C=O) groups is 1. The van der Waals surface area contributed by atoms with Gasteiger partial charge in [0.15, 0.2) is 5.82 Å². The fraction of sp³-hybridized carbons (Fsp3) is 0.348. The molecule has 0 saturated carbocycles. The highest BCUT2D eigenvalue weighted by Gasteiger charge is 2.24. The van der Waals surface area contributed by atoms with Gasteiger partial charge in [-0.3, -0.25) is 5.32 Å². The number of pyridine rings is 2. The van der Waals surface area contributed by atoms with Gasteiger partial charge in [0.2, 0.25) is 5.88 Å². The summed E-state index contributed by atoms with van der Waals surface area (Å²) < 4.78 is 26.3. The maximum Gasteiger partial charge on any atom is 0.413 e. The van der Waals surface area contributed by atoms with Gasteiger partial charge in [0, 0.05) is 48.5 Å². The average Bonchev–Trinajstić information content (AvgIpc) is 3.21. The normalized spacial score (nSPS) is 17.8. The van der Waals surface area contributed by atoms with E-state index < -0.39 is 11.9 Å². The molecule has 0 bridgehead atoms. The summed E-state index contributed by atoms with van der Waals surface area (Å²) in [5, 5.41) is 7.01. The SMILES string of the molecule is Cc1c(-c2cc3cc(NC(=O)OC4CCN(C)C4)ncc3c(N)c2F)cnc2c1NCCO2. The first-order valence-corrected chi connectivity index (χ1v) is 10.8. The maximum absolute atomic E-state index is 15.3. The third-order valence-corrected chi connectivity index (χ3v) is 6.09. The number of amides is 1. The fourth-order valence-corrected chi connectivity index (χ4v) is 4.33. The Labute approximate surface area is 190 Å². The molecule has 172 valence electrons. The van der Waals surface area contributed by atoms with E-state index >= 15 is 4.39 Å². The highest BCUT2D eigenvalue weighted by atomic mass is 19.1. The molecule has 10 heteroatoms. The molecule has 33 heavy (non-hydrogen) atoms. The zero-order valence-electron chi connectivity index (χ0n) is 18.4. The molecule has 2 aliphatic rings. The predicted molar refractivity (Wildman–Crippen MR) is 124 cm³/mol. The van der Waals surface area contributed by atoms with Crippen molar-refractivity contribution in [3.8, 4) is 17.0 Å². The molecule has 4 heterocycles. The summed E-state index contributed by atoms with van der Waals surface area (Å²) in [6.07, 6.45) is 3.11. The summed E-state index contributed by atoms with van der Waals surface area (Å²) in [7, 11) is 1.98.